The molecule has 1 aliphatic heterocycles. The molecule has 11 heavy (non-hydrogen) atoms. The van der Waals surface area contributed by atoms with Gasteiger partial charge in [0.25, 0.3) is 0 Å². The van der Waals surface area contributed by atoms with E-state index in [0.29, 0.717) is 6.04 Å². The number of amides is 1. The molecule has 0 radical (unpaired) electrons. The lowest BCUT2D eigenvalue weighted by Crippen LogP contribution is -2.35. The summed E-state index contributed by atoms with van der Waals surface area (Å²) in [6, 6.07) is 0.517. The topological polar surface area (TPSA) is 41.1 Å². The van der Waals surface area contributed by atoms with Gasteiger partial charge in [-0.2, -0.15) is 0 Å². The van der Waals surface area contributed by atoms with Crippen LogP contribution in [-0.2, 0) is 4.79 Å². The standard InChI is InChI=1S/C7H14N2O.ClH/c1-6(10)9-5-7-3-2-4-8-7;/h7-8H,2-5H2,1H3,(H,9,10);1H/t7-;/m1./s1. The third-order valence-electron chi connectivity index (χ3n) is 1.76. The summed E-state index contributed by atoms with van der Waals surface area (Å²) in [5.41, 5.74) is 0. The molecule has 0 spiro atoms. The lowest BCUT2D eigenvalue weighted by Gasteiger charge is -2.09. The molecule has 0 aromatic rings. The van der Waals surface area contributed by atoms with E-state index in [0.717, 1.165) is 13.1 Å². The Bertz CT molecular complexity index is 124. The summed E-state index contributed by atoms with van der Waals surface area (Å²) in [5, 5.41) is 6.08. The van der Waals surface area contributed by atoms with Crippen LogP contribution in [0, 0.1) is 0 Å². The Morgan fingerprint density at radius 3 is 2.91 bits per heavy atom. The molecule has 0 bridgehead atoms. The van der Waals surface area contributed by atoms with Gasteiger partial charge in [-0.15, -0.1) is 12.4 Å². The second-order valence-electron chi connectivity index (χ2n) is 2.73. The molecule has 3 nitrogen and oxygen atoms in total. The minimum absolute atomic E-state index is 0. The number of halogens is 1. The SMILES string of the molecule is CC(=O)NC[C@H]1CCCN1.Cl. The molecule has 1 atom stereocenters. The smallest absolute Gasteiger partial charge is 0.216 e. The van der Waals surface area contributed by atoms with Crippen molar-refractivity contribution in [1.82, 2.24) is 10.6 Å². The Morgan fingerprint density at radius 1 is 1.73 bits per heavy atom. The first-order valence-electron chi connectivity index (χ1n) is 3.77. The van der Waals surface area contributed by atoms with E-state index in [1.54, 1.807) is 6.92 Å². The fourth-order valence-corrected chi connectivity index (χ4v) is 1.20. The highest BCUT2D eigenvalue weighted by atomic mass is 35.5. The number of hydrogen-bond acceptors (Lipinski definition) is 2. The van der Waals surface area contributed by atoms with Gasteiger partial charge >= 0.3 is 0 Å². The average molecular weight is 179 g/mol. The van der Waals surface area contributed by atoms with Crippen molar-refractivity contribution in [2.75, 3.05) is 13.1 Å². The van der Waals surface area contributed by atoms with E-state index in [9.17, 15) is 4.79 Å². The van der Waals surface area contributed by atoms with Crippen LogP contribution in [0.3, 0.4) is 0 Å². The van der Waals surface area contributed by atoms with Crippen molar-refractivity contribution in [3.8, 4) is 0 Å². The maximum absolute atomic E-state index is 10.5. The number of hydrogen-bond donors (Lipinski definition) is 2. The van der Waals surface area contributed by atoms with Crippen molar-refractivity contribution < 1.29 is 4.79 Å². The quantitative estimate of drug-likeness (QED) is 0.639. The Kier molecular flexibility index (Phi) is 5.24. The molecule has 1 fully saturated rings. The lowest BCUT2D eigenvalue weighted by molar-refractivity contribution is -0.119. The van der Waals surface area contributed by atoms with E-state index in [2.05, 4.69) is 10.6 Å². The van der Waals surface area contributed by atoms with E-state index in [-0.39, 0.29) is 18.3 Å². The van der Waals surface area contributed by atoms with Crippen LogP contribution < -0.4 is 10.6 Å². The molecule has 1 heterocycles. The van der Waals surface area contributed by atoms with Gasteiger partial charge in [0.2, 0.25) is 5.91 Å². The third-order valence-corrected chi connectivity index (χ3v) is 1.76. The molecule has 1 aliphatic rings. The second kappa shape index (κ2) is 5.38. The van der Waals surface area contributed by atoms with Crippen molar-refractivity contribution in [2.24, 2.45) is 0 Å². The van der Waals surface area contributed by atoms with Gasteiger partial charge in [0.05, 0.1) is 0 Å². The van der Waals surface area contributed by atoms with Gasteiger partial charge in [-0.3, -0.25) is 4.79 Å². The molecule has 66 valence electrons. The molecule has 0 aliphatic carbocycles. The van der Waals surface area contributed by atoms with Crippen LogP contribution in [-0.4, -0.2) is 25.0 Å². The molecule has 0 aromatic carbocycles. The number of rotatable bonds is 2. The highest BCUT2D eigenvalue weighted by Crippen LogP contribution is 2.02. The van der Waals surface area contributed by atoms with Crippen LogP contribution in [0.1, 0.15) is 19.8 Å². The first-order chi connectivity index (χ1) is 4.79. The lowest BCUT2D eigenvalue weighted by atomic mass is 10.2. The maximum atomic E-state index is 10.5. The van der Waals surface area contributed by atoms with E-state index in [1.165, 1.54) is 12.8 Å². The summed E-state index contributed by atoms with van der Waals surface area (Å²) in [5.74, 6) is 0.0636. The zero-order valence-corrected chi connectivity index (χ0v) is 7.54. The van der Waals surface area contributed by atoms with Gasteiger partial charge in [-0.25, -0.2) is 0 Å². The Balaban J connectivity index is 0.000001000. The Hall–Kier alpha value is -0.280. The Labute approximate surface area is 73.3 Å². The van der Waals surface area contributed by atoms with Gasteiger partial charge in [-0.1, -0.05) is 0 Å². The van der Waals surface area contributed by atoms with Crippen LogP contribution in [0.25, 0.3) is 0 Å². The fraction of sp³-hybridized carbons (Fsp3) is 0.857. The molecular weight excluding hydrogens is 164 g/mol. The molecule has 1 amide bonds. The molecule has 4 heteroatoms. The van der Waals surface area contributed by atoms with Crippen molar-refractivity contribution >= 4 is 18.3 Å². The van der Waals surface area contributed by atoms with Crippen molar-refractivity contribution in [3.63, 3.8) is 0 Å². The van der Waals surface area contributed by atoms with E-state index < -0.39 is 0 Å². The minimum Gasteiger partial charge on any atom is -0.355 e. The van der Waals surface area contributed by atoms with Crippen LogP contribution in [0.2, 0.25) is 0 Å². The molecular formula is C7H15ClN2O. The van der Waals surface area contributed by atoms with Crippen molar-refractivity contribution in [1.29, 1.82) is 0 Å². The highest BCUT2D eigenvalue weighted by molar-refractivity contribution is 5.85. The number of nitrogens with one attached hydrogen (secondary N) is 2. The van der Waals surface area contributed by atoms with Crippen LogP contribution in [0.4, 0.5) is 0 Å². The number of carbonyl (C=O) groups is 1. The maximum Gasteiger partial charge on any atom is 0.216 e. The van der Waals surface area contributed by atoms with E-state index in [1.807, 2.05) is 0 Å². The summed E-state index contributed by atoms with van der Waals surface area (Å²) in [4.78, 5) is 10.5. The molecule has 0 unspecified atom stereocenters. The first-order valence-corrected chi connectivity index (χ1v) is 3.77. The van der Waals surface area contributed by atoms with Crippen LogP contribution in [0.5, 0.6) is 0 Å². The van der Waals surface area contributed by atoms with Gasteiger partial charge in [0, 0.05) is 19.5 Å². The van der Waals surface area contributed by atoms with Gasteiger partial charge in [-0.05, 0) is 19.4 Å². The second-order valence-corrected chi connectivity index (χ2v) is 2.73. The zero-order valence-electron chi connectivity index (χ0n) is 6.72. The van der Waals surface area contributed by atoms with Crippen molar-refractivity contribution in [3.05, 3.63) is 0 Å². The van der Waals surface area contributed by atoms with E-state index >= 15 is 0 Å². The number of carbonyl (C=O) groups excluding carboxylic acids is 1. The largest absolute Gasteiger partial charge is 0.355 e. The fourth-order valence-electron chi connectivity index (χ4n) is 1.20. The third kappa shape index (κ3) is 4.22. The predicted molar refractivity (Wildman–Crippen MR) is 47.0 cm³/mol. The predicted octanol–water partition coefficient (Wildman–Crippen LogP) is 0.296. The molecule has 0 aromatic heterocycles. The van der Waals surface area contributed by atoms with Crippen molar-refractivity contribution in [2.45, 2.75) is 25.8 Å². The highest BCUT2D eigenvalue weighted by Gasteiger charge is 2.12. The average Bonchev–Trinajstić information content (AvgIpc) is 2.34. The monoisotopic (exact) mass is 178 g/mol. The molecule has 2 N–H and O–H groups in total. The molecule has 1 saturated heterocycles. The summed E-state index contributed by atoms with van der Waals surface area (Å²) < 4.78 is 0. The minimum atomic E-state index is 0. The van der Waals surface area contributed by atoms with Crippen LogP contribution in [0.15, 0.2) is 0 Å². The normalized spacial score (nSPS) is 22.5. The van der Waals surface area contributed by atoms with Crippen LogP contribution >= 0.6 is 12.4 Å². The summed E-state index contributed by atoms with van der Waals surface area (Å²) in [6.07, 6.45) is 2.44. The summed E-state index contributed by atoms with van der Waals surface area (Å²) in [7, 11) is 0. The van der Waals surface area contributed by atoms with Gasteiger partial charge in [0.15, 0.2) is 0 Å². The summed E-state index contributed by atoms with van der Waals surface area (Å²) >= 11 is 0. The molecule has 0 saturated carbocycles. The van der Waals surface area contributed by atoms with Gasteiger partial charge in [0.1, 0.15) is 0 Å². The summed E-state index contributed by atoms with van der Waals surface area (Å²) in [6.45, 7) is 3.44. The van der Waals surface area contributed by atoms with Gasteiger partial charge < -0.3 is 10.6 Å². The zero-order chi connectivity index (χ0) is 7.40. The van der Waals surface area contributed by atoms with E-state index in [4.69, 9.17) is 0 Å². The molecule has 1 rings (SSSR count). The first kappa shape index (κ1) is 10.7. The Morgan fingerprint density at radius 2 is 2.45 bits per heavy atom.